The number of piperazine rings is 1. The van der Waals surface area contributed by atoms with Gasteiger partial charge in [-0.15, -0.1) is 0 Å². The summed E-state index contributed by atoms with van der Waals surface area (Å²) in [5, 5.41) is 12.1. The highest BCUT2D eigenvalue weighted by molar-refractivity contribution is 5.75. The van der Waals surface area contributed by atoms with Crippen LogP contribution in [0.15, 0.2) is 24.3 Å². The van der Waals surface area contributed by atoms with Gasteiger partial charge < -0.3 is 15.3 Å². The highest BCUT2D eigenvalue weighted by atomic mass is 16.4. The van der Waals surface area contributed by atoms with Crippen molar-refractivity contribution in [3.05, 3.63) is 29.8 Å². The van der Waals surface area contributed by atoms with Crippen LogP contribution < -0.4 is 10.2 Å². The maximum absolute atomic E-state index is 11.0. The number of anilines is 1. The van der Waals surface area contributed by atoms with Gasteiger partial charge in [-0.25, -0.2) is 0 Å². The predicted molar refractivity (Wildman–Crippen MR) is 67.5 cm³/mol. The van der Waals surface area contributed by atoms with Crippen molar-refractivity contribution < 1.29 is 9.90 Å². The summed E-state index contributed by atoms with van der Waals surface area (Å²) in [6.07, 6.45) is 0.970. The van der Waals surface area contributed by atoms with E-state index in [1.807, 2.05) is 12.1 Å². The molecule has 0 bridgehead atoms. The number of rotatable bonds is 3. The Labute approximate surface area is 101 Å². The summed E-state index contributed by atoms with van der Waals surface area (Å²) in [5.74, 6) is -0.774. The molecule has 0 aliphatic carbocycles. The number of aryl methyl sites for hydroxylation is 1. The fourth-order valence-corrected chi connectivity index (χ4v) is 2.25. The number of aliphatic carboxylic acids is 1. The molecule has 0 aromatic heterocycles. The van der Waals surface area contributed by atoms with Gasteiger partial charge in [0.2, 0.25) is 0 Å². The van der Waals surface area contributed by atoms with E-state index in [0.29, 0.717) is 6.54 Å². The van der Waals surface area contributed by atoms with Crippen molar-refractivity contribution in [2.24, 2.45) is 0 Å². The molecule has 1 aromatic carbocycles. The molecule has 1 atom stereocenters. The maximum Gasteiger partial charge on any atom is 0.322 e. The molecule has 2 N–H and O–H groups in total. The van der Waals surface area contributed by atoms with E-state index in [4.69, 9.17) is 5.11 Å². The average Bonchev–Trinajstić information content (AvgIpc) is 2.39. The number of benzene rings is 1. The molecule has 4 heteroatoms. The van der Waals surface area contributed by atoms with Crippen LogP contribution in [0.1, 0.15) is 12.5 Å². The molecule has 1 heterocycles. The van der Waals surface area contributed by atoms with Crippen LogP contribution in [0, 0.1) is 0 Å². The number of carbonyl (C=O) groups is 1. The van der Waals surface area contributed by atoms with E-state index < -0.39 is 12.0 Å². The van der Waals surface area contributed by atoms with E-state index in [-0.39, 0.29) is 0 Å². The molecule has 0 spiro atoms. The largest absolute Gasteiger partial charge is 0.480 e. The number of carboxylic acid groups (broad SMARTS) is 1. The van der Waals surface area contributed by atoms with E-state index in [1.165, 1.54) is 11.3 Å². The van der Waals surface area contributed by atoms with Gasteiger partial charge in [0.1, 0.15) is 6.04 Å². The molecule has 2 rings (SSSR count). The van der Waals surface area contributed by atoms with Crippen LogP contribution in [0.25, 0.3) is 0 Å². The second-order valence-corrected chi connectivity index (χ2v) is 4.27. The minimum Gasteiger partial charge on any atom is -0.480 e. The lowest BCUT2D eigenvalue weighted by molar-refractivity contribution is -0.139. The first-order chi connectivity index (χ1) is 8.22. The minimum atomic E-state index is -0.774. The van der Waals surface area contributed by atoms with Crippen LogP contribution in [0.5, 0.6) is 0 Å². The van der Waals surface area contributed by atoms with Crippen molar-refractivity contribution in [3.63, 3.8) is 0 Å². The molecule has 1 saturated heterocycles. The first-order valence-corrected chi connectivity index (χ1v) is 6.01. The number of nitrogens with zero attached hydrogens (tertiary/aromatic N) is 1. The van der Waals surface area contributed by atoms with Crippen molar-refractivity contribution in [1.29, 1.82) is 0 Å². The first kappa shape index (κ1) is 11.9. The van der Waals surface area contributed by atoms with Gasteiger partial charge in [-0.2, -0.15) is 0 Å². The molecule has 17 heavy (non-hydrogen) atoms. The molecule has 0 amide bonds. The van der Waals surface area contributed by atoms with Crippen molar-refractivity contribution >= 4 is 11.7 Å². The third-order valence-corrected chi connectivity index (χ3v) is 3.19. The lowest BCUT2D eigenvalue weighted by Crippen LogP contribution is -2.54. The van der Waals surface area contributed by atoms with Crippen LogP contribution in [-0.4, -0.2) is 36.8 Å². The monoisotopic (exact) mass is 234 g/mol. The fourth-order valence-electron chi connectivity index (χ4n) is 2.25. The third-order valence-electron chi connectivity index (χ3n) is 3.19. The Balaban J connectivity index is 2.18. The van der Waals surface area contributed by atoms with Crippen LogP contribution >= 0.6 is 0 Å². The van der Waals surface area contributed by atoms with Gasteiger partial charge >= 0.3 is 5.97 Å². The molecule has 1 unspecified atom stereocenters. The normalized spacial score (nSPS) is 20.3. The van der Waals surface area contributed by atoms with Crippen LogP contribution in [0.4, 0.5) is 5.69 Å². The number of carboxylic acids is 1. The lowest BCUT2D eigenvalue weighted by atomic mass is 10.1. The van der Waals surface area contributed by atoms with E-state index >= 15 is 0 Å². The van der Waals surface area contributed by atoms with E-state index in [1.54, 1.807) is 0 Å². The molecule has 92 valence electrons. The van der Waals surface area contributed by atoms with E-state index in [0.717, 1.165) is 19.5 Å². The Bertz CT molecular complexity index is 406. The molecule has 4 nitrogen and oxygen atoms in total. The SMILES string of the molecule is CCc1ccccc1N1CCNC(C(=O)O)C1. The van der Waals surface area contributed by atoms with Crippen molar-refractivity contribution in [3.8, 4) is 0 Å². The Morgan fingerprint density at radius 1 is 1.53 bits per heavy atom. The number of hydrogen-bond donors (Lipinski definition) is 2. The molecule has 1 fully saturated rings. The fraction of sp³-hybridized carbons (Fsp3) is 0.462. The second-order valence-electron chi connectivity index (χ2n) is 4.27. The van der Waals surface area contributed by atoms with Gasteiger partial charge in [-0.3, -0.25) is 4.79 Å². The topological polar surface area (TPSA) is 52.6 Å². The molecule has 1 aliphatic rings. The summed E-state index contributed by atoms with van der Waals surface area (Å²) in [6.45, 7) is 4.23. The summed E-state index contributed by atoms with van der Waals surface area (Å²) in [4.78, 5) is 13.2. The zero-order valence-corrected chi connectivity index (χ0v) is 10.0. The Kier molecular flexibility index (Phi) is 3.64. The number of hydrogen-bond acceptors (Lipinski definition) is 3. The van der Waals surface area contributed by atoms with Crippen molar-refractivity contribution in [2.75, 3.05) is 24.5 Å². The lowest BCUT2D eigenvalue weighted by Gasteiger charge is -2.34. The minimum absolute atomic E-state index is 0.464. The Hall–Kier alpha value is -1.55. The van der Waals surface area contributed by atoms with Crippen LogP contribution in [0.2, 0.25) is 0 Å². The molecule has 0 radical (unpaired) electrons. The summed E-state index contributed by atoms with van der Waals surface area (Å²) in [5.41, 5.74) is 2.45. The molecule has 0 saturated carbocycles. The summed E-state index contributed by atoms with van der Waals surface area (Å²) >= 11 is 0. The molecule has 1 aromatic rings. The predicted octanol–water partition coefficient (Wildman–Crippen LogP) is 1.11. The highest BCUT2D eigenvalue weighted by Gasteiger charge is 2.25. The molecular weight excluding hydrogens is 216 g/mol. The zero-order valence-electron chi connectivity index (χ0n) is 10.0. The first-order valence-electron chi connectivity index (χ1n) is 6.01. The summed E-state index contributed by atoms with van der Waals surface area (Å²) < 4.78 is 0. The van der Waals surface area contributed by atoms with Gasteiger partial charge in [-0.05, 0) is 18.1 Å². The van der Waals surface area contributed by atoms with Gasteiger partial charge in [0.05, 0.1) is 0 Å². The van der Waals surface area contributed by atoms with Gasteiger partial charge in [-0.1, -0.05) is 25.1 Å². The Morgan fingerprint density at radius 3 is 3.00 bits per heavy atom. The molecule has 1 aliphatic heterocycles. The second kappa shape index (κ2) is 5.19. The van der Waals surface area contributed by atoms with Gasteiger partial charge in [0.15, 0.2) is 0 Å². The van der Waals surface area contributed by atoms with Crippen LogP contribution in [0.3, 0.4) is 0 Å². The van der Waals surface area contributed by atoms with Gasteiger partial charge in [0, 0.05) is 25.3 Å². The quantitative estimate of drug-likeness (QED) is 0.822. The van der Waals surface area contributed by atoms with Gasteiger partial charge in [0.25, 0.3) is 0 Å². The van der Waals surface area contributed by atoms with Crippen molar-refractivity contribution in [2.45, 2.75) is 19.4 Å². The third kappa shape index (κ3) is 2.58. The van der Waals surface area contributed by atoms with E-state index in [9.17, 15) is 4.79 Å². The smallest absolute Gasteiger partial charge is 0.322 e. The summed E-state index contributed by atoms with van der Waals surface area (Å²) in [7, 11) is 0. The average molecular weight is 234 g/mol. The highest BCUT2D eigenvalue weighted by Crippen LogP contribution is 2.21. The van der Waals surface area contributed by atoms with Crippen molar-refractivity contribution in [1.82, 2.24) is 5.32 Å². The number of nitrogens with one attached hydrogen (secondary N) is 1. The Morgan fingerprint density at radius 2 is 2.29 bits per heavy atom. The maximum atomic E-state index is 11.0. The van der Waals surface area contributed by atoms with Crippen LogP contribution in [-0.2, 0) is 11.2 Å². The standard InChI is InChI=1S/C13H18N2O2/c1-2-10-5-3-4-6-12(10)15-8-7-14-11(9-15)13(16)17/h3-6,11,14H,2,7-9H2,1H3,(H,16,17). The summed E-state index contributed by atoms with van der Waals surface area (Å²) in [6, 6.07) is 7.75. The molecular formula is C13H18N2O2. The number of para-hydroxylation sites is 1. The zero-order chi connectivity index (χ0) is 12.3. The van der Waals surface area contributed by atoms with E-state index in [2.05, 4.69) is 29.3 Å².